The first-order valence-electron chi connectivity index (χ1n) is 11.3. The van der Waals surface area contributed by atoms with E-state index in [0.29, 0.717) is 0 Å². The van der Waals surface area contributed by atoms with E-state index in [1.165, 1.54) is 12.0 Å². The van der Waals surface area contributed by atoms with Crippen molar-refractivity contribution in [2.45, 2.75) is 97.2 Å². The lowest BCUT2D eigenvalue weighted by Crippen LogP contribution is -2.65. The van der Waals surface area contributed by atoms with Crippen molar-refractivity contribution in [3.63, 3.8) is 0 Å². The highest BCUT2D eigenvalue weighted by atomic mass is 16.8. The molecule has 0 unspecified atom stereocenters. The standard InChI is InChI=1S/C23H34N2O11/c1-11(26)31-10-16-17(32-12(2)27)18(33-13(3)28)19(34-14(4)29)21(35-16)36-25-22(5,6)9-15(20(24)30)23(25,7)8/h9,16-19,21H,10H2,1-8H3,(H2,24,30)/t16-,17-,18+,19-,21-/m1/s1. The maximum atomic E-state index is 12.1. The Labute approximate surface area is 209 Å². The van der Waals surface area contributed by atoms with Crippen molar-refractivity contribution in [3.05, 3.63) is 11.6 Å². The van der Waals surface area contributed by atoms with Crippen molar-refractivity contribution >= 4 is 29.8 Å². The summed E-state index contributed by atoms with van der Waals surface area (Å²) in [5.74, 6) is -3.56. The minimum Gasteiger partial charge on any atom is -0.463 e. The number of rotatable bonds is 8. The van der Waals surface area contributed by atoms with Crippen LogP contribution in [-0.4, -0.2) is 83.2 Å². The second-order valence-electron chi connectivity index (χ2n) is 9.60. The van der Waals surface area contributed by atoms with Crippen LogP contribution in [0.3, 0.4) is 0 Å². The molecule has 0 aromatic rings. The molecule has 2 heterocycles. The quantitative estimate of drug-likeness (QED) is 0.347. The zero-order valence-electron chi connectivity index (χ0n) is 21.7. The van der Waals surface area contributed by atoms with Crippen molar-refractivity contribution in [2.75, 3.05) is 6.61 Å². The number of carbonyl (C=O) groups excluding carboxylic acids is 5. The van der Waals surface area contributed by atoms with Crippen molar-refractivity contribution < 1.29 is 52.5 Å². The largest absolute Gasteiger partial charge is 0.463 e. The fourth-order valence-corrected chi connectivity index (χ4v) is 4.44. The Morgan fingerprint density at radius 3 is 1.81 bits per heavy atom. The molecule has 2 aliphatic rings. The van der Waals surface area contributed by atoms with Gasteiger partial charge in [0.2, 0.25) is 12.2 Å². The van der Waals surface area contributed by atoms with Gasteiger partial charge in [0.1, 0.15) is 12.7 Å². The molecule has 0 aromatic heterocycles. The van der Waals surface area contributed by atoms with Gasteiger partial charge in [-0.05, 0) is 27.7 Å². The van der Waals surface area contributed by atoms with Gasteiger partial charge in [-0.2, -0.15) is 5.06 Å². The molecular formula is C23H34N2O11. The number of esters is 4. The van der Waals surface area contributed by atoms with E-state index < -0.39 is 78.2 Å². The molecule has 1 amide bonds. The van der Waals surface area contributed by atoms with Crippen LogP contribution in [0.25, 0.3) is 0 Å². The summed E-state index contributed by atoms with van der Waals surface area (Å²) in [7, 11) is 0. The van der Waals surface area contributed by atoms with Gasteiger partial charge in [0, 0.05) is 33.3 Å². The Balaban J connectivity index is 2.54. The number of nitrogens with zero attached hydrogens (tertiary/aromatic N) is 1. The summed E-state index contributed by atoms with van der Waals surface area (Å²) in [6.07, 6.45) is -5.07. The Hall–Kier alpha value is -3.03. The molecule has 2 rings (SSSR count). The third kappa shape index (κ3) is 6.59. The van der Waals surface area contributed by atoms with E-state index in [0.717, 1.165) is 20.8 Å². The van der Waals surface area contributed by atoms with Crippen molar-refractivity contribution in [3.8, 4) is 0 Å². The lowest BCUT2D eigenvalue weighted by molar-refractivity contribution is -0.386. The molecule has 0 saturated carbocycles. The van der Waals surface area contributed by atoms with E-state index in [4.69, 9.17) is 34.3 Å². The highest BCUT2D eigenvalue weighted by Gasteiger charge is 2.56. The molecule has 1 saturated heterocycles. The van der Waals surface area contributed by atoms with E-state index >= 15 is 0 Å². The summed E-state index contributed by atoms with van der Waals surface area (Å²) in [5, 5.41) is 1.45. The molecule has 0 aromatic carbocycles. The average Bonchev–Trinajstić information content (AvgIpc) is 2.89. The van der Waals surface area contributed by atoms with Crippen LogP contribution in [0.2, 0.25) is 0 Å². The summed E-state index contributed by atoms with van der Waals surface area (Å²) in [6, 6.07) is 0. The lowest BCUT2D eigenvalue weighted by atomic mass is 9.96. The van der Waals surface area contributed by atoms with Crippen LogP contribution in [0.5, 0.6) is 0 Å². The number of nitrogens with two attached hydrogens (primary N) is 1. The molecule has 2 aliphatic heterocycles. The predicted molar refractivity (Wildman–Crippen MR) is 120 cm³/mol. The first kappa shape index (κ1) is 29.2. The number of primary amides is 1. The Kier molecular flexibility index (Phi) is 8.86. The summed E-state index contributed by atoms with van der Waals surface area (Å²) < 4.78 is 27.2. The summed E-state index contributed by atoms with van der Waals surface area (Å²) in [5.41, 5.74) is 3.92. The summed E-state index contributed by atoms with van der Waals surface area (Å²) in [4.78, 5) is 65.6. The number of hydrogen-bond donors (Lipinski definition) is 1. The molecule has 0 spiro atoms. The molecule has 36 heavy (non-hydrogen) atoms. The van der Waals surface area contributed by atoms with Crippen molar-refractivity contribution in [1.82, 2.24) is 5.06 Å². The van der Waals surface area contributed by atoms with Crippen LogP contribution in [0.15, 0.2) is 11.6 Å². The predicted octanol–water partition coefficient (Wildman–Crippen LogP) is 0.286. The second kappa shape index (κ2) is 10.9. The van der Waals surface area contributed by atoms with Gasteiger partial charge in [-0.1, -0.05) is 6.08 Å². The summed E-state index contributed by atoms with van der Waals surface area (Å²) in [6.45, 7) is 11.1. The fraction of sp³-hybridized carbons (Fsp3) is 0.696. The zero-order chi connectivity index (χ0) is 27.6. The lowest BCUT2D eigenvalue weighted by Gasteiger charge is -2.48. The highest BCUT2D eigenvalue weighted by Crippen LogP contribution is 2.42. The topological polar surface area (TPSA) is 170 Å². The molecule has 0 radical (unpaired) electrons. The normalized spacial score (nSPS) is 29.0. The molecule has 1 fully saturated rings. The molecule has 13 heteroatoms. The van der Waals surface area contributed by atoms with Gasteiger partial charge in [0.25, 0.3) is 0 Å². The fourth-order valence-electron chi connectivity index (χ4n) is 4.44. The number of ether oxygens (including phenoxy) is 5. The van der Waals surface area contributed by atoms with Crippen molar-refractivity contribution in [2.24, 2.45) is 5.73 Å². The van der Waals surface area contributed by atoms with Crippen LogP contribution in [0.4, 0.5) is 0 Å². The molecule has 0 bridgehead atoms. The van der Waals surface area contributed by atoms with Crippen LogP contribution < -0.4 is 5.73 Å². The van der Waals surface area contributed by atoms with Crippen molar-refractivity contribution in [1.29, 1.82) is 0 Å². The minimum atomic E-state index is -1.44. The number of hydrogen-bond acceptors (Lipinski definition) is 12. The third-order valence-corrected chi connectivity index (χ3v) is 5.61. The molecular weight excluding hydrogens is 480 g/mol. The van der Waals surface area contributed by atoms with Gasteiger partial charge in [-0.3, -0.25) is 28.8 Å². The van der Waals surface area contributed by atoms with Gasteiger partial charge < -0.3 is 29.4 Å². The van der Waals surface area contributed by atoms with Crippen LogP contribution in [0.1, 0.15) is 55.4 Å². The molecule has 0 aliphatic carbocycles. The Bertz CT molecular complexity index is 942. The Morgan fingerprint density at radius 2 is 1.36 bits per heavy atom. The summed E-state index contributed by atoms with van der Waals surface area (Å²) >= 11 is 0. The van der Waals surface area contributed by atoms with E-state index in [2.05, 4.69) is 0 Å². The smallest absolute Gasteiger partial charge is 0.303 e. The minimum absolute atomic E-state index is 0.276. The van der Waals surface area contributed by atoms with Gasteiger partial charge in [-0.25, -0.2) is 0 Å². The monoisotopic (exact) mass is 514 g/mol. The molecule has 5 atom stereocenters. The van der Waals surface area contributed by atoms with Gasteiger partial charge >= 0.3 is 23.9 Å². The van der Waals surface area contributed by atoms with E-state index in [1.54, 1.807) is 33.8 Å². The SMILES string of the molecule is CC(=O)OC[C@H]1O[C@H](ON2C(C)(C)C=C(C(N)=O)C2(C)C)[C@H](OC(C)=O)[C@@H](OC(C)=O)[C@@H]1OC(C)=O. The van der Waals surface area contributed by atoms with Gasteiger partial charge in [-0.15, -0.1) is 0 Å². The molecule has 13 nitrogen and oxygen atoms in total. The van der Waals surface area contributed by atoms with Crippen LogP contribution in [-0.2, 0) is 52.5 Å². The Morgan fingerprint density at radius 1 is 0.861 bits per heavy atom. The second-order valence-corrected chi connectivity index (χ2v) is 9.60. The average molecular weight is 515 g/mol. The zero-order valence-corrected chi connectivity index (χ0v) is 21.7. The first-order chi connectivity index (χ1) is 16.5. The third-order valence-electron chi connectivity index (χ3n) is 5.61. The number of carbonyl (C=O) groups is 5. The molecule has 202 valence electrons. The molecule has 2 N–H and O–H groups in total. The van der Waals surface area contributed by atoms with E-state index in [-0.39, 0.29) is 5.57 Å². The van der Waals surface area contributed by atoms with E-state index in [9.17, 15) is 24.0 Å². The number of hydroxylamine groups is 2. The van der Waals surface area contributed by atoms with Crippen LogP contribution in [0, 0.1) is 0 Å². The number of amides is 1. The van der Waals surface area contributed by atoms with Gasteiger partial charge in [0.05, 0.1) is 11.1 Å². The van der Waals surface area contributed by atoms with Gasteiger partial charge in [0.15, 0.2) is 18.3 Å². The maximum Gasteiger partial charge on any atom is 0.303 e. The highest BCUT2D eigenvalue weighted by molar-refractivity contribution is 5.95. The maximum absolute atomic E-state index is 12.1. The van der Waals surface area contributed by atoms with E-state index in [1.807, 2.05) is 0 Å². The first-order valence-corrected chi connectivity index (χ1v) is 11.3. The van der Waals surface area contributed by atoms with Crippen LogP contribution >= 0.6 is 0 Å².